The average Bonchev–Trinajstić information content (AvgIpc) is 2.76. The fourth-order valence-electron chi connectivity index (χ4n) is 4.70. The largest absolute Gasteiger partial charge is 0.464 e. The highest BCUT2D eigenvalue weighted by Crippen LogP contribution is 2.25. The van der Waals surface area contributed by atoms with Gasteiger partial charge in [0.2, 0.25) is 0 Å². The van der Waals surface area contributed by atoms with Crippen LogP contribution in [0.1, 0.15) is 64.2 Å². The molecule has 0 bridgehead atoms. The SMILES string of the molecule is O=C(OCCN1CCN(CCOC(=O)C2CCCCC2)CC1)C1CCCCC1. The summed E-state index contributed by atoms with van der Waals surface area (Å²) in [4.78, 5) is 28.9. The summed E-state index contributed by atoms with van der Waals surface area (Å²) in [7, 11) is 0. The van der Waals surface area contributed by atoms with Crippen molar-refractivity contribution in [1.82, 2.24) is 9.80 Å². The summed E-state index contributed by atoms with van der Waals surface area (Å²) in [6, 6.07) is 0. The van der Waals surface area contributed by atoms with E-state index in [0.717, 1.165) is 90.6 Å². The predicted molar refractivity (Wildman–Crippen MR) is 108 cm³/mol. The predicted octanol–water partition coefficient (Wildman–Crippen LogP) is 2.85. The third kappa shape index (κ3) is 7.03. The Hall–Kier alpha value is -1.14. The maximum atomic E-state index is 12.1. The average molecular weight is 395 g/mol. The molecular weight excluding hydrogens is 356 g/mol. The quantitative estimate of drug-likeness (QED) is 0.590. The molecule has 28 heavy (non-hydrogen) atoms. The molecule has 0 spiro atoms. The van der Waals surface area contributed by atoms with Gasteiger partial charge in [0.1, 0.15) is 13.2 Å². The van der Waals surface area contributed by atoms with E-state index >= 15 is 0 Å². The first-order chi connectivity index (χ1) is 13.7. The first-order valence-electron chi connectivity index (χ1n) is 11.5. The van der Waals surface area contributed by atoms with Gasteiger partial charge in [-0.05, 0) is 25.7 Å². The molecule has 0 aromatic rings. The maximum absolute atomic E-state index is 12.1. The van der Waals surface area contributed by atoms with Gasteiger partial charge >= 0.3 is 11.9 Å². The number of rotatable bonds is 8. The number of hydrogen-bond donors (Lipinski definition) is 0. The highest BCUT2D eigenvalue weighted by Gasteiger charge is 2.24. The summed E-state index contributed by atoms with van der Waals surface area (Å²) in [5.74, 6) is 0.306. The molecule has 3 fully saturated rings. The van der Waals surface area contributed by atoms with Crippen LogP contribution in [0.3, 0.4) is 0 Å². The van der Waals surface area contributed by atoms with Crippen molar-refractivity contribution in [3.63, 3.8) is 0 Å². The number of hydrogen-bond acceptors (Lipinski definition) is 6. The molecule has 0 amide bonds. The van der Waals surface area contributed by atoms with E-state index in [2.05, 4.69) is 9.80 Å². The second kappa shape index (κ2) is 11.8. The molecule has 0 radical (unpaired) electrons. The van der Waals surface area contributed by atoms with Gasteiger partial charge in [-0.1, -0.05) is 38.5 Å². The Labute approximate surface area is 169 Å². The zero-order chi connectivity index (χ0) is 19.6. The summed E-state index contributed by atoms with van der Waals surface area (Å²) < 4.78 is 11.0. The van der Waals surface area contributed by atoms with Crippen molar-refractivity contribution in [2.45, 2.75) is 64.2 Å². The Bertz CT molecular complexity index is 435. The minimum absolute atomic E-state index is 0.0121. The highest BCUT2D eigenvalue weighted by atomic mass is 16.5. The summed E-state index contributed by atoms with van der Waals surface area (Å²) >= 11 is 0. The van der Waals surface area contributed by atoms with Crippen molar-refractivity contribution in [2.75, 3.05) is 52.5 Å². The Morgan fingerprint density at radius 1 is 0.607 bits per heavy atom. The first-order valence-corrected chi connectivity index (χ1v) is 11.5. The van der Waals surface area contributed by atoms with E-state index in [1.807, 2.05) is 0 Å². The van der Waals surface area contributed by atoms with Crippen LogP contribution in [-0.2, 0) is 19.1 Å². The van der Waals surface area contributed by atoms with Gasteiger partial charge in [0.15, 0.2) is 0 Å². The maximum Gasteiger partial charge on any atom is 0.308 e. The molecule has 1 aliphatic heterocycles. The van der Waals surface area contributed by atoms with Gasteiger partial charge in [0.25, 0.3) is 0 Å². The molecule has 2 aliphatic carbocycles. The number of carbonyl (C=O) groups excluding carboxylic acids is 2. The second-order valence-corrected chi connectivity index (χ2v) is 8.69. The standard InChI is InChI=1S/C22H38N2O4/c25-21(19-7-3-1-4-8-19)27-17-15-23-11-13-24(14-12-23)16-18-28-22(26)20-9-5-2-6-10-20/h19-20H,1-18H2. The molecule has 6 heteroatoms. The van der Waals surface area contributed by atoms with Crippen LogP contribution in [0.4, 0.5) is 0 Å². The van der Waals surface area contributed by atoms with Crippen LogP contribution in [0.5, 0.6) is 0 Å². The smallest absolute Gasteiger partial charge is 0.308 e. The molecule has 160 valence electrons. The van der Waals surface area contributed by atoms with E-state index in [9.17, 15) is 9.59 Å². The Kier molecular flexibility index (Phi) is 9.06. The van der Waals surface area contributed by atoms with E-state index in [0.29, 0.717) is 13.2 Å². The fraction of sp³-hybridized carbons (Fsp3) is 0.909. The molecule has 0 N–H and O–H groups in total. The molecule has 0 aromatic heterocycles. The lowest BCUT2D eigenvalue weighted by molar-refractivity contribution is -0.151. The summed E-state index contributed by atoms with van der Waals surface area (Å²) in [5.41, 5.74) is 0. The fourth-order valence-corrected chi connectivity index (χ4v) is 4.70. The van der Waals surface area contributed by atoms with Crippen molar-refractivity contribution in [2.24, 2.45) is 11.8 Å². The Morgan fingerprint density at radius 2 is 0.964 bits per heavy atom. The van der Waals surface area contributed by atoms with Crippen molar-refractivity contribution in [1.29, 1.82) is 0 Å². The van der Waals surface area contributed by atoms with Crippen LogP contribution in [0.25, 0.3) is 0 Å². The van der Waals surface area contributed by atoms with Gasteiger partial charge in [-0.3, -0.25) is 19.4 Å². The Morgan fingerprint density at radius 3 is 1.32 bits per heavy atom. The van der Waals surface area contributed by atoms with E-state index < -0.39 is 0 Å². The monoisotopic (exact) mass is 394 g/mol. The van der Waals surface area contributed by atoms with Gasteiger partial charge in [-0.15, -0.1) is 0 Å². The first kappa shape index (κ1) is 21.6. The molecular formula is C22H38N2O4. The van der Waals surface area contributed by atoms with Gasteiger partial charge in [0, 0.05) is 39.3 Å². The van der Waals surface area contributed by atoms with Crippen LogP contribution in [-0.4, -0.2) is 74.2 Å². The van der Waals surface area contributed by atoms with Gasteiger partial charge < -0.3 is 9.47 Å². The normalized spacial score (nSPS) is 23.4. The Balaban J connectivity index is 1.21. The van der Waals surface area contributed by atoms with Crippen LogP contribution < -0.4 is 0 Å². The lowest BCUT2D eigenvalue weighted by Crippen LogP contribution is -2.48. The zero-order valence-electron chi connectivity index (χ0n) is 17.4. The van der Waals surface area contributed by atoms with Gasteiger partial charge in [-0.25, -0.2) is 0 Å². The van der Waals surface area contributed by atoms with Crippen LogP contribution in [0.2, 0.25) is 0 Å². The number of carbonyl (C=O) groups is 2. The molecule has 0 atom stereocenters. The lowest BCUT2D eigenvalue weighted by Gasteiger charge is -2.34. The van der Waals surface area contributed by atoms with E-state index in [-0.39, 0.29) is 23.8 Å². The zero-order valence-corrected chi connectivity index (χ0v) is 17.4. The number of piperazine rings is 1. The highest BCUT2D eigenvalue weighted by molar-refractivity contribution is 5.72. The molecule has 3 aliphatic rings. The van der Waals surface area contributed by atoms with E-state index in [4.69, 9.17) is 9.47 Å². The summed E-state index contributed by atoms with van der Waals surface area (Å²) in [6.45, 7) is 6.60. The van der Waals surface area contributed by atoms with Gasteiger partial charge in [-0.2, -0.15) is 0 Å². The number of esters is 2. The van der Waals surface area contributed by atoms with Crippen molar-refractivity contribution >= 4 is 11.9 Å². The second-order valence-electron chi connectivity index (χ2n) is 8.69. The molecule has 0 unspecified atom stereocenters. The van der Waals surface area contributed by atoms with Crippen LogP contribution in [0.15, 0.2) is 0 Å². The lowest BCUT2D eigenvalue weighted by atomic mass is 9.89. The van der Waals surface area contributed by atoms with Crippen molar-refractivity contribution < 1.29 is 19.1 Å². The molecule has 0 aromatic carbocycles. The molecule has 1 heterocycles. The third-order valence-corrected chi connectivity index (χ3v) is 6.65. The van der Waals surface area contributed by atoms with Gasteiger partial charge in [0.05, 0.1) is 11.8 Å². The molecule has 1 saturated heterocycles. The third-order valence-electron chi connectivity index (χ3n) is 6.65. The van der Waals surface area contributed by atoms with E-state index in [1.54, 1.807) is 0 Å². The molecule has 3 rings (SSSR count). The van der Waals surface area contributed by atoms with Crippen molar-refractivity contribution in [3.05, 3.63) is 0 Å². The molecule has 2 saturated carbocycles. The minimum atomic E-state index is 0.0121. The van der Waals surface area contributed by atoms with Crippen LogP contribution in [0, 0.1) is 11.8 Å². The summed E-state index contributed by atoms with van der Waals surface area (Å²) in [6.07, 6.45) is 11.2. The topological polar surface area (TPSA) is 59.1 Å². The minimum Gasteiger partial charge on any atom is -0.464 e. The molecule has 6 nitrogen and oxygen atoms in total. The number of nitrogens with zero attached hydrogens (tertiary/aromatic N) is 2. The van der Waals surface area contributed by atoms with Crippen LogP contribution >= 0.6 is 0 Å². The summed E-state index contributed by atoms with van der Waals surface area (Å²) in [5, 5.41) is 0. The number of ether oxygens (including phenoxy) is 2. The van der Waals surface area contributed by atoms with E-state index in [1.165, 1.54) is 12.8 Å². The van der Waals surface area contributed by atoms with Crippen molar-refractivity contribution in [3.8, 4) is 0 Å².